The molecule has 0 aliphatic heterocycles. The topological polar surface area (TPSA) is 140 Å². The Balaban J connectivity index is 1.59. The highest BCUT2D eigenvalue weighted by Crippen LogP contribution is 2.33. The molecule has 186 valence electrons. The van der Waals surface area contributed by atoms with Gasteiger partial charge in [-0.15, -0.1) is 11.3 Å². The van der Waals surface area contributed by atoms with E-state index in [2.05, 4.69) is 10.6 Å². The summed E-state index contributed by atoms with van der Waals surface area (Å²) in [5.41, 5.74) is 9.15. The Kier molecular flexibility index (Phi) is 9.06. The smallest absolute Gasteiger partial charge is 0.409 e. The molecule has 3 rings (SSSR count). The second-order valence-electron chi connectivity index (χ2n) is 7.66. The molecule has 1 heterocycles. The fourth-order valence-electron chi connectivity index (χ4n) is 3.33. The maximum Gasteiger partial charge on any atom is 0.409 e. The van der Waals surface area contributed by atoms with Crippen LogP contribution in [0.25, 0.3) is 10.4 Å². The lowest BCUT2D eigenvalue weighted by atomic mass is 10.1. The van der Waals surface area contributed by atoms with Crippen LogP contribution in [0.3, 0.4) is 0 Å². The van der Waals surface area contributed by atoms with Gasteiger partial charge in [0.2, 0.25) is 5.79 Å². The van der Waals surface area contributed by atoms with Crippen LogP contribution in [0.5, 0.6) is 0 Å². The minimum Gasteiger partial charge on any atom is -0.416 e. The molecule has 3 aromatic rings. The van der Waals surface area contributed by atoms with Crippen LogP contribution >= 0.6 is 19.6 Å². The number of benzene rings is 2. The van der Waals surface area contributed by atoms with Crippen molar-refractivity contribution in [3.63, 3.8) is 0 Å². The molecule has 0 radical (unpaired) electrons. The number of nitrogens with two attached hydrogens (primary N) is 1. The van der Waals surface area contributed by atoms with E-state index in [0.717, 1.165) is 16.0 Å². The Morgan fingerprint density at radius 1 is 1.11 bits per heavy atom. The summed E-state index contributed by atoms with van der Waals surface area (Å²) in [4.78, 5) is 35.1. The van der Waals surface area contributed by atoms with E-state index >= 15 is 0 Å². The second kappa shape index (κ2) is 12.0. The third-order valence-corrected chi connectivity index (χ3v) is 6.86. The number of nitrogen functional groups attached to an aromatic ring is 1. The Morgan fingerprint density at radius 3 is 2.43 bits per heavy atom. The van der Waals surface area contributed by atoms with Crippen LogP contribution in [-0.4, -0.2) is 22.7 Å². The van der Waals surface area contributed by atoms with E-state index in [0.29, 0.717) is 16.9 Å². The van der Waals surface area contributed by atoms with E-state index in [1.807, 2.05) is 29.6 Å². The summed E-state index contributed by atoms with van der Waals surface area (Å²) in [6.45, 7) is 3.52. The molecule has 11 heteroatoms. The Morgan fingerprint density at radius 2 is 1.83 bits per heavy atom. The van der Waals surface area contributed by atoms with E-state index in [4.69, 9.17) is 19.9 Å². The van der Waals surface area contributed by atoms with Crippen molar-refractivity contribution in [2.75, 3.05) is 11.1 Å². The van der Waals surface area contributed by atoms with Gasteiger partial charge in [-0.2, -0.15) is 0 Å². The summed E-state index contributed by atoms with van der Waals surface area (Å²) in [6.07, 6.45) is -0.337. The largest absolute Gasteiger partial charge is 0.416 e. The molecule has 9 nitrogen and oxygen atoms in total. The number of nitrogens with one attached hydrogen (secondary N) is 2. The predicted octanol–water partition coefficient (Wildman–Crippen LogP) is 5.39. The highest BCUT2D eigenvalue weighted by atomic mass is 32.1. The molecule has 0 aliphatic rings. The second-order valence-corrected chi connectivity index (χ2v) is 9.34. The van der Waals surface area contributed by atoms with Gasteiger partial charge >= 0.3 is 14.3 Å². The summed E-state index contributed by atoms with van der Waals surface area (Å²) in [5, 5.41) is 7.41. The Hall–Kier alpha value is -3.17. The minimum absolute atomic E-state index is 0.133. The number of thiophene rings is 1. The fourth-order valence-corrected chi connectivity index (χ4v) is 4.70. The first kappa shape index (κ1) is 26.4. The van der Waals surface area contributed by atoms with Gasteiger partial charge in [-0.05, 0) is 46.8 Å². The van der Waals surface area contributed by atoms with Crippen molar-refractivity contribution >= 4 is 43.0 Å². The van der Waals surface area contributed by atoms with Gasteiger partial charge in [0.05, 0.1) is 11.4 Å². The van der Waals surface area contributed by atoms with Crippen molar-refractivity contribution in [1.82, 2.24) is 5.32 Å². The number of rotatable bonds is 10. The van der Waals surface area contributed by atoms with Gasteiger partial charge in [0.1, 0.15) is 0 Å². The van der Waals surface area contributed by atoms with Crippen molar-refractivity contribution in [1.29, 1.82) is 0 Å². The predicted molar refractivity (Wildman–Crippen MR) is 138 cm³/mol. The Labute approximate surface area is 208 Å². The molecule has 35 heavy (non-hydrogen) atoms. The summed E-state index contributed by atoms with van der Waals surface area (Å²) >= 11 is 1.60. The van der Waals surface area contributed by atoms with Crippen LogP contribution in [-0.2, 0) is 20.4 Å². The van der Waals surface area contributed by atoms with Gasteiger partial charge < -0.3 is 26.0 Å². The molecule has 1 unspecified atom stereocenters. The lowest BCUT2D eigenvalue weighted by Gasteiger charge is -2.29. The van der Waals surface area contributed by atoms with Crippen molar-refractivity contribution < 1.29 is 28.3 Å². The lowest BCUT2D eigenvalue weighted by molar-refractivity contribution is -0.144. The van der Waals surface area contributed by atoms with Crippen LogP contribution < -0.4 is 16.4 Å². The van der Waals surface area contributed by atoms with E-state index < -0.39 is 20.1 Å². The minimum atomic E-state index is -3.28. The molecule has 0 spiro atoms. The highest BCUT2D eigenvalue weighted by Gasteiger charge is 2.33. The molecule has 0 saturated carbocycles. The van der Waals surface area contributed by atoms with Gasteiger partial charge in [-0.3, -0.25) is 13.9 Å². The highest BCUT2D eigenvalue weighted by molar-refractivity contribution is 7.32. The molecule has 0 aliphatic carbocycles. The van der Waals surface area contributed by atoms with Crippen molar-refractivity contribution in [2.45, 2.75) is 39.0 Å². The Bertz CT molecular complexity index is 1180. The first-order valence-corrected chi connectivity index (χ1v) is 13.1. The molecule has 5 N–H and O–H groups in total. The van der Waals surface area contributed by atoms with Gasteiger partial charge in [-0.1, -0.05) is 38.1 Å². The lowest BCUT2D eigenvalue weighted by Crippen LogP contribution is -2.39. The zero-order chi connectivity index (χ0) is 25.4. The third kappa shape index (κ3) is 7.16. The monoisotopic (exact) mass is 517 g/mol. The molecule has 0 bridgehead atoms. The van der Waals surface area contributed by atoms with Gasteiger partial charge in [0.25, 0.3) is 5.91 Å². The third-order valence-electron chi connectivity index (χ3n) is 5.39. The molecular formula is C24H28N3O6PS. The first-order valence-electron chi connectivity index (χ1n) is 11.0. The molecule has 1 aromatic heterocycles. The fraction of sp³-hybridized carbons (Fsp3) is 0.250. The van der Waals surface area contributed by atoms with Crippen LogP contribution in [0.2, 0.25) is 0 Å². The summed E-state index contributed by atoms with van der Waals surface area (Å²) in [6, 6.07) is 16.2. The van der Waals surface area contributed by atoms with Crippen molar-refractivity contribution in [3.8, 4) is 10.4 Å². The quantitative estimate of drug-likeness (QED) is 0.161. The number of amides is 2. The average Bonchev–Trinajstić information content (AvgIpc) is 3.38. The van der Waals surface area contributed by atoms with Gasteiger partial charge in [0, 0.05) is 29.8 Å². The zero-order valence-electron chi connectivity index (χ0n) is 19.4. The van der Waals surface area contributed by atoms with Crippen LogP contribution in [0.15, 0.2) is 60.0 Å². The maximum absolute atomic E-state index is 12.7. The average molecular weight is 518 g/mol. The summed E-state index contributed by atoms with van der Waals surface area (Å²) in [5.74, 6) is -1.77. The van der Waals surface area contributed by atoms with E-state index in [1.165, 1.54) is 0 Å². The molecule has 0 saturated heterocycles. The van der Waals surface area contributed by atoms with E-state index in [1.54, 1.807) is 55.5 Å². The van der Waals surface area contributed by atoms with Gasteiger partial charge in [-0.25, -0.2) is 4.79 Å². The van der Waals surface area contributed by atoms with Crippen LogP contribution in [0.1, 0.15) is 42.6 Å². The zero-order valence-corrected chi connectivity index (χ0v) is 21.2. The van der Waals surface area contributed by atoms with Crippen LogP contribution in [0.4, 0.5) is 16.2 Å². The van der Waals surface area contributed by atoms with Crippen molar-refractivity contribution in [2.24, 2.45) is 0 Å². The molecular weight excluding hydrogens is 489 g/mol. The number of ether oxygens (including phenoxy) is 1. The van der Waals surface area contributed by atoms with Crippen LogP contribution in [0, 0.1) is 0 Å². The number of hydrogen-bond acceptors (Lipinski definition) is 7. The maximum atomic E-state index is 12.7. The number of carbonyl (C=O) groups excluding carboxylic acids is 2. The SMILES string of the molecule is CCC(CC)(OC(=O)NCc1ccc(C(=O)Nc2cc(-c3cccs3)ccc2N)cc1)O[PH](=O)O. The molecule has 1 atom stereocenters. The summed E-state index contributed by atoms with van der Waals surface area (Å²) in [7, 11) is -3.28. The van der Waals surface area contributed by atoms with Crippen molar-refractivity contribution in [3.05, 3.63) is 71.1 Å². The number of anilines is 2. The van der Waals surface area contributed by atoms with E-state index in [-0.39, 0.29) is 25.3 Å². The first-order chi connectivity index (χ1) is 16.7. The molecule has 0 fully saturated rings. The number of hydrogen-bond donors (Lipinski definition) is 4. The van der Waals surface area contributed by atoms with Gasteiger partial charge in [0.15, 0.2) is 0 Å². The number of alkyl carbamates (subject to hydrolysis) is 1. The van der Waals surface area contributed by atoms with E-state index in [9.17, 15) is 14.2 Å². The normalized spacial score (nSPS) is 12.1. The standard InChI is InChI=1S/C24H28N3O6PS/c1-3-24(4-2,33-34(30)31)32-23(29)26-15-16-7-9-17(10-8-16)22(28)27-20-14-18(11-12-19(20)25)21-6-5-13-35-21/h5-14,34H,3-4,15,25H2,1-2H3,(H,26,29)(H,27,28)(H,30,31). The summed E-state index contributed by atoms with van der Waals surface area (Å²) < 4.78 is 21.3. The molecule has 2 aromatic carbocycles. The number of carbonyl (C=O) groups is 2. The molecule has 2 amide bonds.